The fourth-order valence-electron chi connectivity index (χ4n) is 1.82. The molecule has 4 heteroatoms. The maximum atomic E-state index is 13.1. The predicted octanol–water partition coefficient (Wildman–Crippen LogP) is 1.71. The van der Waals surface area contributed by atoms with Crippen molar-refractivity contribution in [1.82, 2.24) is 5.43 Å². The summed E-state index contributed by atoms with van der Waals surface area (Å²) < 4.78 is 13.1. The predicted molar refractivity (Wildman–Crippen MR) is 58.2 cm³/mol. The molecule has 1 aliphatic rings. The second-order valence-electron chi connectivity index (χ2n) is 4.17. The minimum absolute atomic E-state index is 0.0341. The van der Waals surface area contributed by atoms with Gasteiger partial charge in [0.2, 0.25) is 0 Å². The van der Waals surface area contributed by atoms with E-state index in [1.807, 2.05) is 0 Å². The van der Waals surface area contributed by atoms with Crippen molar-refractivity contribution in [3.8, 4) is 0 Å². The molecule has 5 N–H and O–H groups in total. The van der Waals surface area contributed by atoms with E-state index in [1.165, 1.54) is 25.0 Å². The van der Waals surface area contributed by atoms with E-state index >= 15 is 0 Å². The van der Waals surface area contributed by atoms with Crippen molar-refractivity contribution >= 4 is 5.69 Å². The van der Waals surface area contributed by atoms with Crippen LogP contribution >= 0.6 is 0 Å². The van der Waals surface area contributed by atoms with E-state index in [-0.39, 0.29) is 11.9 Å². The molecule has 1 unspecified atom stereocenters. The molecule has 1 saturated carbocycles. The zero-order valence-corrected chi connectivity index (χ0v) is 8.54. The van der Waals surface area contributed by atoms with Gasteiger partial charge < -0.3 is 5.73 Å². The summed E-state index contributed by atoms with van der Waals surface area (Å²) in [5.74, 6) is 5.92. The zero-order valence-electron chi connectivity index (χ0n) is 8.54. The first-order chi connectivity index (χ1) is 7.20. The summed E-state index contributed by atoms with van der Waals surface area (Å²) in [6.45, 7) is 0. The third-order valence-corrected chi connectivity index (χ3v) is 2.89. The van der Waals surface area contributed by atoms with Gasteiger partial charge in [0.05, 0.1) is 0 Å². The normalized spacial score (nSPS) is 17.7. The second kappa shape index (κ2) is 4.16. The molecule has 0 spiro atoms. The highest BCUT2D eigenvalue weighted by Gasteiger charge is 2.26. The molecular weight excluding hydrogens is 193 g/mol. The molecule has 3 nitrogen and oxygen atoms in total. The van der Waals surface area contributed by atoms with Gasteiger partial charge in [0.25, 0.3) is 0 Å². The number of benzene rings is 1. The molecule has 0 heterocycles. The van der Waals surface area contributed by atoms with Crippen LogP contribution in [0.15, 0.2) is 18.2 Å². The topological polar surface area (TPSA) is 64.1 Å². The van der Waals surface area contributed by atoms with Gasteiger partial charge in [0, 0.05) is 11.7 Å². The molecule has 1 aromatic carbocycles. The lowest BCUT2D eigenvalue weighted by Crippen LogP contribution is -2.29. The van der Waals surface area contributed by atoms with Gasteiger partial charge in [0.1, 0.15) is 5.82 Å². The Morgan fingerprint density at radius 2 is 2.20 bits per heavy atom. The Morgan fingerprint density at radius 1 is 1.47 bits per heavy atom. The van der Waals surface area contributed by atoms with Crippen molar-refractivity contribution in [3.05, 3.63) is 29.6 Å². The highest BCUT2D eigenvalue weighted by Crippen LogP contribution is 2.38. The number of rotatable bonds is 4. The first-order valence-electron chi connectivity index (χ1n) is 5.21. The standard InChI is InChI=1S/C11H16FN3/c12-8-3-4-10(13)9(6-8)11(15-14)5-7-1-2-7/h3-4,6-7,11,15H,1-2,5,13-14H2. The molecule has 15 heavy (non-hydrogen) atoms. The molecule has 0 aliphatic heterocycles. The average molecular weight is 209 g/mol. The van der Waals surface area contributed by atoms with Crippen LogP contribution in [0.1, 0.15) is 30.9 Å². The Balaban J connectivity index is 2.19. The minimum Gasteiger partial charge on any atom is -0.398 e. The number of hydrogen-bond acceptors (Lipinski definition) is 3. The molecular formula is C11H16FN3. The summed E-state index contributed by atoms with van der Waals surface area (Å²) >= 11 is 0. The smallest absolute Gasteiger partial charge is 0.123 e. The SMILES string of the molecule is NNC(CC1CC1)c1cc(F)ccc1N. The Labute approximate surface area is 88.6 Å². The van der Waals surface area contributed by atoms with Gasteiger partial charge in [0.15, 0.2) is 0 Å². The first-order valence-corrected chi connectivity index (χ1v) is 5.21. The van der Waals surface area contributed by atoms with E-state index in [0.717, 1.165) is 12.0 Å². The minimum atomic E-state index is -0.268. The molecule has 1 fully saturated rings. The van der Waals surface area contributed by atoms with Crippen molar-refractivity contribution in [3.63, 3.8) is 0 Å². The molecule has 0 saturated heterocycles. The summed E-state index contributed by atoms with van der Waals surface area (Å²) in [6, 6.07) is 4.38. The summed E-state index contributed by atoms with van der Waals surface area (Å²) in [4.78, 5) is 0. The van der Waals surface area contributed by atoms with Crippen LogP contribution in [0, 0.1) is 11.7 Å². The number of anilines is 1. The summed E-state index contributed by atoms with van der Waals surface area (Å²) in [6.07, 6.45) is 3.42. The van der Waals surface area contributed by atoms with Crippen LogP contribution in [0.3, 0.4) is 0 Å². The van der Waals surface area contributed by atoms with Crippen LogP contribution in [-0.4, -0.2) is 0 Å². The van der Waals surface area contributed by atoms with E-state index in [4.69, 9.17) is 11.6 Å². The molecule has 0 bridgehead atoms. The van der Waals surface area contributed by atoms with Crippen LogP contribution in [0.4, 0.5) is 10.1 Å². The number of nitrogens with two attached hydrogens (primary N) is 2. The van der Waals surface area contributed by atoms with Crippen molar-refractivity contribution < 1.29 is 4.39 Å². The molecule has 1 aliphatic carbocycles. The lowest BCUT2D eigenvalue weighted by atomic mass is 10.00. The van der Waals surface area contributed by atoms with E-state index in [2.05, 4.69) is 5.43 Å². The zero-order chi connectivity index (χ0) is 10.8. The molecule has 0 aromatic heterocycles. The first kappa shape index (κ1) is 10.4. The van der Waals surface area contributed by atoms with E-state index in [1.54, 1.807) is 6.07 Å². The highest BCUT2D eigenvalue weighted by atomic mass is 19.1. The Morgan fingerprint density at radius 3 is 2.80 bits per heavy atom. The van der Waals surface area contributed by atoms with Gasteiger partial charge in [-0.15, -0.1) is 0 Å². The van der Waals surface area contributed by atoms with Gasteiger partial charge in [-0.2, -0.15) is 0 Å². The van der Waals surface area contributed by atoms with Crippen molar-refractivity contribution in [2.75, 3.05) is 5.73 Å². The van der Waals surface area contributed by atoms with Crippen LogP contribution in [-0.2, 0) is 0 Å². The van der Waals surface area contributed by atoms with E-state index in [9.17, 15) is 4.39 Å². The lowest BCUT2D eigenvalue weighted by Gasteiger charge is -2.17. The maximum Gasteiger partial charge on any atom is 0.123 e. The molecule has 1 aromatic rings. The van der Waals surface area contributed by atoms with Crippen LogP contribution in [0.25, 0.3) is 0 Å². The van der Waals surface area contributed by atoms with Crippen LogP contribution < -0.4 is 17.0 Å². The number of hydrazine groups is 1. The van der Waals surface area contributed by atoms with Crippen LogP contribution in [0.2, 0.25) is 0 Å². The van der Waals surface area contributed by atoms with Gasteiger partial charge in [-0.25, -0.2) is 4.39 Å². The number of hydrogen-bond donors (Lipinski definition) is 3. The third kappa shape index (κ3) is 2.46. The summed E-state index contributed by atoms with van der Waals surface area (Å²) in [5.41, 5.74) is 9.88. The van der Waals surface area contributed by atoms with Crippen molar-refractivity contribution in [2.45, 2.75) is 25.3 Å². The monoisotopic (exact) mass is 209 g/mol. The second-order valence-corrected chi connectivity index (χ2v) is 4.17. The molecule has 2 rings (SSSR count). The fraction of sp³-hybridized carbons (Fsp3) is 0.455. The highest BCUT2D eigenvalue weighted by molar-refractivity contribution is 5.48. The van der Waals surface area contributed by atoms with Crippen LogP contribution in [0.5, 0.6) is 0 Å². The van der Waals surface area contributed by atoms with Gasteiger partial charge in [-0.3, -0.25) is 11.3 Å². The summed E-state index contributed by atoms with van der Waals surface area (Å²) in [5, 5.41) is 0. The van der Waals surface area contributed by atoms with Crippen molar-refractivity contribution in [2.24, 2.45) is 11.8 Å². The Hall–Kier alpha value is -1.13. The Kier molecular flexibility index (Phi) is 2.88. The van der Waals surface area contributed by atoms with Gasteiger partial charge in [-0.1, -0.05) is 12.8 Å². The van der Waals surface area contributed by atoms with E-state index in [0.29, 0.717) is 11.6 Å². The summed E-state index contributed by atoms with van der Waals surface area (Å²) in [7, 11) is 0. The number of halogens is 1. The van der Waals surface area contributed by atoms with E-state index < -0.39 is 0 Å². The average Bonchev–Trinajstić information content (AvgIpc) is 3.02. The molecule has 1 atom stereocenters. The fourth-order valence-corrected chi connectivity index (χ4v) is 1.82. The lowest BCUT2D eigenvalue weighted by molar-refractivity contribution is 0.485. The number of nitrogens with one attached hydrogen (secondary N) is 1. The van der Waals surface area contributed by atoms with Gasteiger partial charge in [-0.05, 0) is 36.1 Å². The van der Waals surface area contributed by atoms with Gasteiger partial charge >= 0.3 is 0 Å². The molecule has 82 valence electrons. The van der Waals surface area contributed by atoms with Crippen molar-refractivity contribution in [1.29, 1.82) is 0 Å². The molecule has 0 amide bonds. The maximum absolute atomic E-state index is 13.1. The number of nitrogen functional groups attached to an aromatic ring is 1. The largest absolute Gasteiger partial charge is 0.398 e. The third-order valence-electron chi connectivity index (χ3n) is 2.89. The Bertz CT molecular complexity index is 350. The quantitative estimate of drug-likeness (QED) is 0.402. The molecule has 0 radical (unpaired) electrons.